The lowest BCUT2D eigenvalue weighted by molar-refractivity contribution is -0.130. The van der Waals surface area contributed by atoms with Crippen molar-refractivity contribution in [3.8, 4) is 16.9 Å². The summed E-state index contributed by atoms with van der Waals surface area (Å²) in [5.41, 5.74) is 19.2. The number of carbonyl (C=O) groups is 3. The topological polar surface area (TPSA) is 199 Å². The van der Waals surface area contributed by atoms with Crippen molar-refractivity contribution in [2.24, 2.45) is 40.2 Å². The molecular weight excluding hydrogens is 669 g/mol. The standard InChI is InChI=1S/C34H43N7O4.C7H15N/c1-20-16-26(21(2)42)11-14-28(20)29-17-23(6-15-31(29)45-3)18-30(39-33(43)25-7-4-22(19-35)5-8-25)34(44)38-27-12-9-24(10-13-27)32(36)40-41-37;1-2-3-7-4-5-8-6-7/h6,9-17,22,25,30,41H,4-5,7-8,18-19,35,37H2,1-3H3,(H2,36,40)(H,38,44)(H,39,43);7-8H,2-6H2,1H3/t22?,25?,30-;/m0./s1. The van der Waals surface area contributed by atoms with E-state index < -0.39 is 6.04 Å². The number of rotatable bonds is 14. The highest BCUT2D eigenvalue weighted by molar-refractivity contribution is 6.00. The van der Waals surface area contributed by atoms with Crippen LogP contribution in [0.5, 0.6) is 5.75 Å². The number of carbonyl (C=O) groups excluding carboxylic acids is 3. The Morgan fingerprint density at radius 2 is 1.66 bits per heavy atom. The van der Waals surface area contributed by atoms with Gasteiger partial charge < -0.3 is 32.2 Å². The van der Waals surface area contributed by atoms with E-state index in [0.29, 0.717) is 35.0 Å². The Kier molecular flexibility index (Phi) is 15.8. The summed E-state index contributed by atoms with van der Waals surface area (Å²) in [5.74, 6) is 6.84. The molecule has 2 amide bonds. The van der Waals surface area contributed by atoms with Gasteiger partial charge in [0, 0.05) is 34.7 Å². The van der Waals surface area contributed by atoms with Crippen molar-refractivity contribution in [1.29, 1.82) is 0 Å². The van der Waals surface area contributed by atoms with Crippen LogP contribution < -0.4 is 43.5 Å². The number of amidine groups is 1. The SMILES string of the molecule is CCCC1CCNC1.COc1ccc(C[C@H](NC(=O)C2CCC(CN)CC2)C(=O)Nc2ccc(/C(N)=N/NN)cc2)cc1-c1ccc(C(C)=O)cc1C. The molecule has 1 saturated carbocycles. The van der Waals surface area contributed by atoms with Crippen LogP contribution in [0.4, 0.5) is 5.69 Å². The number of anilines is 1. The molecule has 10 N–H and O–H groups in total. The number of aryl methyl sites for hydroxylation is 1. The van der Waals surface area contributed by atoms with Crippen LogP contribution in [-0.2, 0) is 16.0 Å². The molecule has 0 radical (unpaired) electrons. The van der Waals surface area contributed by atoms with E-state index in [4.69, 9.17) is 22.0 Å². The lowest BCUT2D eigenvalue weighted by Crippen LogP contribution is -2.48. The van der Waals surface area contributed by atoms with Crippen molar-refractivity contribution < 1.29 is 19.1 Å². The maximum absolute atomic E-state index is 13.7. The number of amides is 2. The van der Waals surface area contributed by atoms with E-state index in [1.807, 2.05) is 37.3 Å². The van der Waals surface area contributed by atoms with E-state index >= 15 is 0 Å². The fraction of sp³-hybridized carbons (Fsp3) is 0.463. The van der Waals surface area contributed by atoms with Crippen molar-refractivity contribution in [3.63, 3.8) is 0 Å². The smallest absolute Gasteiger partial charge is 0.247 e. The number of hydrazine groups is 1. The third kappa shape index (κ3) is 11.9. The normalized spacial score (nSPS) is 19.0. The molecule has 5 rings (SSSR count). The van der Waals surface area contributed by atoms with E-state index in [-0.39, 0.29) is 35.8 Å². The minimum Gasteiger partial charge on any atom is -0.496 e. The molecule has 12 nitrogen and oxygen atoms in total. The van der Waals surface area contributed by atoms with Crippen LogP contribution in [0.1, 0.15) is 85.8 Å². The van der Waals surface area contributed by atoms with E-state index in [1.165, 1.54) is 39.3 Å². The van der Waals surface area contributed by atoms with Crippen LogP contribution in [-0.4, -0.2) is 56.2 Å². The van der Waals surface area contributed by atoms with Crippen molar-refractivity contribution in [2.45, 2.75) is 78.2 Å². The van der Waals surface area contributed by atoms with Gasteiger partial charge in [-0.2, -0.15) is 0 Å². The fourth-order valence-electron chi connectivity index (χ4n) is 7.13. The third-order valence-electron chi connectivity index (χ3n) is 10.3. The first-order valence-corrected chi connectivity index (χ1v) is 18.8. The molecule has 0 spiro atoms. The monoisotopic (exact) mass is 726 g/mol. The Hall–Kier alpha value is -4.78. The summed E-state index contributed by atoms with van der Waals surface area (Å²) in [6.07, 6.45) is 7.71. The summed E-state index contributed by atoms with van der Waals surface area (Å²) in [7, 11) is 1.60. The van der Waals surface area contributed by atoms with Crippen molar-refractivity contribution in [3.05, 3.63) is 82.9 Å². The lowest BCUT2D eigenvalue weighted by Gasteiger charge is -2.28. The summed E-state index contributed by atoms with van der Waals surface area (Å²) >= 11 is 0. The zero-order valence-electron chi connectivity index (χ0n) is 31.7. The highest BCUT2D eigenvalue weighted by atomic mass is 16.5. The summed E-state index contributed by atoms with van der Waals surface area (Å²) in [6, 6.07) is 17.3. The summed E-state index contributed by atoms with van der Waals surface area (Å²) in [4.78, 5) is 39.1. The molecule has 1 unspecified atom stereocenters. The number of hydrazone groups is 1. The van der Waals surface area contributed by atoms with Crippen molar-refractivity contribution >= 4 is 29.1 Å². The summed E-state index contributed by atoms with van der Waals surface area (Å²) in [5, 5.41) is 13.1. The predicted octanol–water partition coefficient (Wildman–Crippen LogP) is 4.78. The van der Waals surface area contributed by atoms with Crippen LogP contribution in [0.15, 0.2) is 65.8 Å². The number of nitrogens with two attached hydrogens (primary N) is 3. The van der Waals surface area contributed by atoms with Gasteiger partial charge in [0.2, 0.25) is 11.8 Å². The molecule has 12 heteroatoms. The predicted molar refractivity (Wildman–Crippen MR) is 212 cm³/mol. The van der Waals surface area contributed by atoms with Crippen LogP contribution in [0.25, 0.3) is 11.1 Å². The molecule has 2 fully saturated rings. The molecule has 1 heterocycles. The minimum atomic E-state index is -0.847. The van der Waals surface area contributed by atoms with Crippen molar-refractivity contribution in [1.82, 2.24) is 16.2 Å². The first kappa shape index (κ1) is 41.0. The maximum Gasteiger partial charge on any atom is 0.247 e. The maximum atomic E-state index is 13.7. The first-order chi connectivity index (χ1) is 25.6. The molecule has 0 aromatic heterocycles. The Morgan fingerprint density at radius 1 is 0.943 bits per heavy atom. The van der Waals surface area contributed by atoms with Gasteiger partial charge in [0.25, 0.3) is 0 Å². The van der Waals surface area contributed by atoms with Gasteiger partial charge in [-0.1, -0.05) is 31.5 Å². The van der Waals surface area contributed by atoms with E-state index in [2.05, 4.69) is 33.5 Å². The molecule has 2 aliphatic rings. The Morgan fingerprint density at radius 3 is 2.25 bits per heavy atom. The van der Waals surface area contributed by atoms with Crippen LogP contribution in [0, 0.1) is 24.7 Å². The van der Waals surface area contributed by atoms with E-state index in [0.717, 1.165) is 53.9 Å². The number of nitrogens with zero attached hydrogens (tertiary/aromatic N) is 1. The average molecular weight is 727 g/mol. The zero-order valence-corrected chi connectivity index (χ0v) is 31.7. The van der Waals surface area contributed by atoms with Gasteiger partial charge in [0.05, 0.1) is 7.11 Å². The number of hydrogen-bond acceptors (Lipinski definition) is 9. The second-order valence-corrected chi connectivity index (χ2v) is 14.2. The van der Waals surface area contributed by atoms with Crippen LogP contribution >= 0.6 is 0 Å². The Bertz CT molecular complexity index is 1700. The second kappa shape index (κ2) is 20.5. The fourth-order valence-corrected chi connectivity index (χ4v) is 7.13. The van der Waals surface area contributed by atoms with E-state index in [9.17, 15) is 14.4 Å². The highest BCUT2D eigenvalue weighted by Crippen LogP contribution is 2.34. The van der Waals surface area contributed by atoms with Crippen LogP contribution in [0.3, 0.4) is 0 Å². The van der Waals surface area contributed by atoms with Crippen molar-refractivity contribution in [2.75, 3.05) is 32.1 Å². The van der Waals surface area contributed by atoms with E-state index in [1.54, 1.807) is 37.4 Å². The summed E-state index contributed by atoms with van der Waals surface area (Å²) < 4.78 is 5.67. The number of ketones is 1. The molecule has 3 aromatic carbocycles. The first-order valence-electron chi connectivity index (χ1n) is 18.8. The second-order valence-electron chi connectivity index (χ2n) is 14.2. The van der Waals surface area contributed by atoms with Gasteiger partial charge in [0.15, 0.2) is 11.6 Å². The van der Waals surface area contributed by atoms with Gasteiger partial charge in [-0.25, -0.2) is 11.4 Å². The minimum absolute atomic E-state index is 0.00900. The molecule has 3 aromatic rings. The molecule has 286 valence electrons. The van der Waals surface area contributed by atoms with Gasteiger partial charge >= 0.3 is 0 Å². The molecule has 53 heavy (non-hydrogen) atoms. The van der Waals surface area contributed by atoms with Gasteiger partial charge in [-0.15, -0.1) is 5.10 Å². The van der Waals surface area contributed by atoms with Crippen LogP contribution in [0.2, 0.25) is 0 Å². The number of Topliss-reactive ketones (excluding diaryl/α,β-unsaturated/α-hetero) is 1. The lowest BCUT2D eigenvalue weighted by atomic mass is 9.81. The molecule has 2 atom stereocenters. The number of hydrogen-bond donors (Lipinski definition) is 7. The molecule has 1 aliphatic heterocycles. The molecular formula is C41H58N8O4. The third-order valence-corrected chi connectivity index (χ3v) is 10.3. The zero-order chi connectivity index (χ0) is 38.3. The molecule has 1 saturated heterocycles. The molecule has 1 aliphatic carbocycles. The van der Waals surface area contributed by atoms with Gasteiger partial charge in [0.1, 0.15) is 11.8 Å². The molecule has 0 bridgehead atoms. The highest BCUT2D eigenvalue weighted by Gasteiger charge is 2.30. The number of methoxy groups -OCH3 is 1. The quantitative estimate of drug-likeness (QED) is 0.0402. The number of ether oxygens (including phenoxy) is 1. The number of nitrogens with one attached hydrogen (secondary N) is 4. The Labute approximate surface area is 314 Å². The largest absolute Gasteiger partial charge is 0.496 e. The summed E-state index contributed by atoms with van der Waals surface area (Å²) in [6.45, 7) is 8.89. The number of benzene rings is 3. The average Bonchev–Trinajstić information content (AvgIpc) is 3.68. The van der Waals surface area contributed by atoms with Gasteiger partial charge in [-0.3, -0.25) is 14.4 Å². The van der Waals surface area contributed by atoms with Gasteiger partial charge in [-0.05, 0) is 143 Å². The Balaban J connectivity index is 0.000000692.